The third-order valence-corrected chi connectivity index (χ3v) is 2.85. The number of alkyl halides is 3. The van der Waals surface area contributed by atoms with E-state index >= 15 is 0 Å². The van der Waals surface area contributed by atoms with Gasteiger partial charge in [0.05, 0.1) is 0 Å². The van der Waals surface area contributed by atoms with Crippen LogP contribution in [0.25, 0.3) is 0 Å². The fourth-order valence-electron chi connectivity index (χ4n) is 1.69. The average Bonchev–Trinajstić information content (AvgIpc) is 2.34. The second-order valence-corrected chi connectivity index (χ2v) is 5.32. The molecule has 3 nitrogen and oxygen atoms in total. The van der Waals surface area contributed by atoms with Gasteiger partial charge in [0, 0.05) is 6.54 Å². The van der Waals surface area contributed by atoms with E-state index in [0.717, 1.165) is 18.9 Å². The fraction of sp³-hybridized carbons (Fsp3) is 0.615. The quantitative estimate of drug-likeness (QED) is 0.837. The lowest BCUT2D eigenvalue weighted by Gasteiger charge is -2.25. The Hall–Kier alpha value is -1.30. The SMILES string of the molecule is CC(C)(CCCN)CNc1cccc(C(F)(F)F)n1. The second kappa shape index (κ2) is 6.23. The molecule has 0 saturated heterocycles. The number of aromatic nitrogens is 1. The highest BCUT2D eigenvalue weighted by Crippen LogP contribution is 2.28. The molecule has 0 aliphatic rings. The topological polar surface area (TPSA) is 50.9 Å². The molecule has 3 N–H and O–H groups in total. The van der Waals surface area contributed by atoms with Crippen LogP contribution in [0.4, 0.5) is 19.0 Å². The fourth-order valence-corrected chi connectivity index (χ4v) is 1.69. The minimum atomic E-state index is -4.41. The molecule has 0 aliphatic heterocycles. The summed E-state index contributed by atoms with van der Waals surface area (Å²) in [6.07, 6.45) is -2.60. The molecular formula is C13H20F3N3. The van der Waals surface area contributed by atoms with Crippen LogP contribution >= 0.6 is 0 Å². The van der Waals surface area contributed by atoms with Gasteiger partial charge in [0.2, 0.25) is 0 Å². The molecule has 0 unspecified atom stereocenters. The molecule has 0 aromatic carbocycles. The number of nitrogens with zero attached hydrogens (tertiary/aromatic N) is 1. The molecule has 1 heterocycles. The van der Waals surface area contributed by atoms with Gasteiger partial charge < -0.3 is 11.1 Å². The number of rotatable bonds is 6. The van der Waals surface area contributed by atoms with E-state index in [0.29, 0.717) is 13.1 Å². The first-order chi connectivity index (χ1) is 8.74. The van der Waals surface area contributed by atoms with Crippen LogP contribution in [0.15, 0.2) is 18.2 Å². The molecule has 0 atom stereocenters. The summed E-state index contributed by atoms with van der Waals surface area (Å²) in [5.74, 6) is 0.246. The Bertz CT molecular complexity index is 402. The lowest BCUT2D eigenvalue weighted by molar-refractivity contribution is -0.141. The van der Waals surface area contributed by atoms with Gasteiger partial charge in [0.15, 0.2) is 0 Å². The highest BCUT2D eigenvalue weighted by Gasteiger charge is 2.32. The standard InChI is InChI=1S/C13H20F3N3/c1-12(2,7-4-8-17)9-18-11-6-3-5-10(19-11)13(14,15)16/h3,5-6H,4,7-9,17H2,1-2H3,(H,18,19). The molecule has 1 rings (SSSR count). The molecule has 0 spiro atoms. The monoisotopic (exact) mass is 275 g/mol. The molecule has 0 aliphatic carbocycles. The molecule has 0 radical (unpaired) electrons. The summed E-state index contributed by atoms with van der Waals surface area (Å²) in [5.41, 5.74) is 4.54. The molecule has 1 aromatic heterocycles. The highest BCUT2D eigenvalue weighted by molar-refractivity contribution is 5.36. The van der Waals surface area contributed by atoms with Crippen molar-refractivity contribution < 1.29 is 13.2 Å². The summed E-state index contributed by atoms with van der Waals surface area (Å²) < 4.78 is 37.5. The molecule has 6 heteroatoms. The van der Waals surface area contributed by atoms with Crippen molar-refractivity contribution in [2.45, 2.75) is 32.9 Å². The van der Waals surface area contributed by atoms with Crippen LogP contribution < -0.4 is 11.1 Å². The zero-order chi connectivity index (χ0) is 14.5. The minimum Gasteiger partial charge on any atom is -0.370 e. The van der Waals surface area contributed by atoms with Gasteiger partial charge in [-0.2, -0.15) is 13.2 Å². The van der Waals surface area contributed by atoms with Gasteiger partial charge in [-0.05, 0) is 36.9 Å². The number of halogens is 3. The van der Waals surface area contributed by atoms with Crippen LogP contribution in [0.1, 0.15) is 32.4 Å². The van der Waals surface area contributed by atoms with Gasteiger partial charge >= 0.3 is 6.18 Å². The van der Waals surface area contributed by atoms with Gasteiger partial charge in [0.25, 0.3) is 0 Å². The Balaban J connectivity index is 2.63. The molecular weight excluding hydrogens is 255 g/mol. The van der Waals surface area contributed by atoms with Crippen LogP contribution in [-0.2, 0) is 6.18 Å². The zero-order valence-electron chi connectivity index (χ0n) is 11.2. The third kappa shape index (κ3) is 5.46. The van der Waals surface area contributed by atoms with Gasteiger partial charge in [-0.15, -0.1) is 0 Å². The summed E-state index contributed by atoms with van der Waals surface area (Å²) >= 11 is 0. The van der Waals surface area contributed by atoms with Crippen molar-refractivity contribution >= 4 is 5.82 Å². The van der Waals surface area contributed by atoms with Crippen molar-refractivity contribution in [1.82, 2.24) is 4.98 Å². The summed E-state index contributed by atoms with van der Waals surface area (Å²) in [4.78, 5) is 3.57. The van der Waals surface area contributed by atoms with Gasteiger partial charge in [0.1, 0.15) is 11.5 Å². The smallest absolute Gasteiger partial charge is 0.370 e. The van der Waals surface area contributed by atoms with Crippen molar-refractivity contribution in [3.63, 3.8) is 0 Å². The number of hydrogen-bond donors (Lipinski definition) is 2. The third-order valence-electron chi connectivity index (χ3n) is 2.85. The van der Waals surface area contributed by atoms with Crippen molar-refractivity contribution in [1.29, 1.82) is 0 Å². The lowest BCUT2D eigenvalue weighted by Crippen LogP contribution is -2.24. The summed E-state index contributed by atoms with van der Waals surface area (Å²) in [6.45, 7) is 5.26. The summed E-state index contributed by atoms with van der Waals surface area (Å²) in [7, 11) is 0. The second-order valence-electron chi connectivity index (χ2n) is 5.32. The molecule has 19 heavy (non-hydrogen) atoms. The lowest BCUT2D eigenvalue weighted by atomic mass is 9.88. The van der Waals surface area contributed by atoms with Crippen LogP contribution in [0, 0.1) is 5.41 Å². The molecule has 0 amide bonds. The first kappa shape index (κ1) is 15.8. The Morgan fingerprint density at radius 1 is 1.26 bits per heavy atom. The van der Waals surface area contributed by atoms with Gasteiger partial charge in [-0.25, -0.2) is 4.98 Å². The van der Waals surface area contributed by atoms with Crippen LogP contribution in [0.5, 0.6) is 0 Å². The van der Waals surface area contributed by atoms with E-state index in [1.54, 1.807) is 0 Å². The Morgan fingerprint density at radius 2 is 1.95 bits per heavy atom. The molecule has 1 aromatic rings. The molecule has 0 fully saturated rings. The van der Waals surface area contributed by atoms with E-state index in [1.165, 1.54) is 12.1 Å². The Kier molecular flexibility index (Phi) is 5.17. The van der Waals surface area contributed by atoms with E-state index < -0.39 is 11.9 Å². The predicted octanol–water partition coefficient (Wildman–Crippen LogP) is 3.28. The van der Waals surface area contributed by atoms with Crippen LogP contribution in [0.3, 0.4) is 0 Å². The maximum atomic E-state index is 12.5. The van der Waals surface area contributed by atoms with Crippen molar-refractivity contribution in [2.24, 2.45) is 11.1 Å². The van der Waals surface area contributed by atoms with E-state index in [4.69, 9.17) is 5.73 Å². The molecule has 108 valence electrons. The summed E-state index contributed by atoms with van der Waals surface area (Å²) in [5, 5.41) is 2.95. The first-order valence-corrected chi connectivity index (χ1v) is 6.23. The average molecular weight is 275 g/mol. The van der Waals surface area contributed by atoms with Crippen LogP contribution in [-0.4, -0.2) is 18.1 Å². The van der Waals surface area contributed by atoms with Gasteiger partial charge in [-0.1, -0.05) is 19.9 Å². The normalized spacial score (nSPS) is 12.5. The zero-order valence-corrected chi connectivity index (χ0v) is 11.2. The van der Waals surface area contributed by atoms with E-state index in [1.807, 2.05) is 13.8 Å². The number of hydrogen-bond acceptors (Lipinski definition) is 3. The molecule has 0 saturated carbocycles. The number of nitrogens with two attached hydrogens (primary N) is 1. The van der Waals surface area contributed by atoms with Gasteiger partial charge in [-0.3, -0.25) is 0 Å². The molecule has 0 bridgehead atoms. The Morgan fingerprint density at radius 3 is 2.53 bits per heavy atom. The van der Waals surface area contributed by atoms with E-state index in [-0.39, 0.29) is 11.2 Å². The van der Waals surface area contributed by atoms with Crippen molar-refractivity contribution in [2.75, 3.05) is 18.4 Å². The predicted molar refractivity (Wildman–Crippen MR) is 69.8 cm³/mol. The summed E-state index contributed by atoms with van der Waals surface area (Å²) in [6, 6.07) is 3.85. The van der Waals surface area contributed by atoms with E-state index in [2.05, 4.69) is 10.3 Å². The van der Waals surface area contributed by atoms with E-state index in [9.17, 15) is 13.2 Å². The minimum absolute atomic E-state index is 0.0325. The number of nitrogens with one attached hydrogen (secondary N) is 1. The highest BCUT2D eigenvalue weighted by atomic mass is 19.4. The number of pyridine rings is 1. The Labute approximate surface area is 111 Å². The first-order valence-electron chi connectivity index (χ1n) is 6.23. The largest absolute Gasteiger partial charge is 0.433 e. The van der Waals surface area contributed by atoms with Crippen molar-refractivity contribution in [3.05, 3.63) is 23.9 Å². The maximum Gasteiger partial charge on any atom is 0.433 e. The van der Waals surface area contributed by atoms with Crippen LogP contribution in [0.2, 0.25) is 0 Å². The maximum absolute atomic E-state index is 12.5. The number of anilines is 1. The van der Waals surface area contributed by atoms with Crippen molar-refractivity contribution in [3.8, 4) is 0 Å².